The van der Waals surface area contributed by atoms with Crippen molar-refractivity contribution in [2.24, 2.45) is 5.73 Å². The molecular formula is C13H25N3OS. The predicted molar refractivity (Wildman–Crippen MR) is 77.0 cm³/mol. The third-order valence-electron chi connectivity index (χ3n) is 2.56. The van der Waals surface area contributed by atoms with Crippen LogP contribution in [0.15, 0.2) is 10.9 Å². The lowest BCUT2D eigenvalue weighted by atomic mass is 10.1. The smallest absolute Gasteiger partial charge is 0.0794 e. The Labute approximate surface area is 114 Å². The number of thiazole rings is 1. The van der Waals surface area contributed by atoms with Crippen LogP contribution in [0.2, 0.25) is 0 Å². The highest BCUT2D eigenvalue weighted by molar-refractivity contribution is 7.07. The first kappa shape index (κ1) is 15.6. The van der Waals surface area contributed by atoms with Crippen LogP contribution in [-0.2, 0) is 11.2 Å². The van der Waals surface area contributed by atoms with Gasteiger partial charge >= 0.3 is 0 Å². The van der Waals surface area contributed by atoms with E-state index >= 15 is 0 Å². The van der Waals surface area contributed by atoms with Gasteiger partial charge in [0.2, 0.25) is 0 Å². The fraction of sp³-hybridized carbons (Fsp3) is 0.769. The Bertz CT molecular complexity index is 321. The van der Waals surface area contributed by atoms with Gasteiger partial charge in [0.15, 0.2) is 0 Å². The summed E-state index contributed by atoms with van der Waals surface area (Å²) in [7, 11) is 0. The average molecular weight is 271 g/mol. The van der Waals surface area contributed by atoms with Crippen molar-refractivity contribution >= 4 is 11.3 Å². The summed E-state index contributed by atoms with van der Waals surface area (Å²) in [6.45, 7) is 9.84. The highest BCUT2D eigenvalue weighted by Crippen LogP contribution is 2.11. The highest BCUT2D eigenvalue weighted by Gasteiger charge is 2.20. The van der Waals surface area contributed by atoms with Gasteiger partial charge in [0.25, 0.3) is 0 Å². The molecule has 3 N–H and O–H groups in total. The van der Waals surface area contributed by atoms with Gasteiger partial charge in [-0.3, -0.25) is 0 Å². The number of hydrogen-bond donors (Lipinski definition) is 2. The first-order valence-electron chi connectivity index (χ1n) is 6.39. The van der Waals surface area contributed by atoms with Crippen molar-refractivity contribution in [3.63, 3.8) is 0 Å². The number of nitrogens with zero attached hydrogens (tertiary/aromatic N) is 1. The lowest BCUT2D eigenvalue weighted by Crippen LogP contribution is -2.46. The summed E-state index contributed by atoms with van der Waals surface area (Å²) in [4.78, 5) is 4.24. The van der Waals surface area contributed by atoms with Crippen LogP contribution in [0.4, 0.5) is 0 Å². The van der Waals surface area contributed by atoms with E-state index in [0.29, 0.717) is 0 Å². The van der Waals surface area contributed by atoms with Crippen molar-refractivity contribution in [1.29, 1.82) is 0 Å². The second-order valence-corrected chi connectivity index (χ2v) is 6.25. The van der Waals surface area contributed by atoms with E-state index in [4.69, 9.17) is 10.5 Å². The molecule has 2 atom stereocenters. The molecule has 0 saturated heterocycles. The number of ether oxygens (including phenoxy) is 1. The second-order valence-electron chi connectivity index (χ2n) is 5.53. The minimum Gasteiger partial charge on any atom is -0.371 e. The van der Waals surface area contributed by atoms with E-state index < -0.39 is 0 Å². The minimum atomic E-state index is -0.141. The summed E-state index contributed by atoms with van der Waals surface area (Å²) < 4.78 is 5.83. The molecule has 0 amide bonds. The lowest BCUT2D eigenvalue weighted by molar-refractivity contribution is -0.0608. The van der Waals surface area contributed by atoms with E-state index in [0.717, 1.165) is 25.2 Å². The van der Waals surface area contributed by atoms with Crippen molar-refractivity contribution in [2.45, 2.75) is 51.9 Å². The molecule has 0 aliphatic rings. The molecule has 1 aromatic rings. The van der Waals surface area contributed by atoms with E-state index in [-0.39, 0.29) is 17.7 Å². The summed E-state index contributed by atoms with van der Waals surface area (Å²) in [5.74, 6) is 0. The molecule has 1 rings (SSSR count). The van der Waals surface area contributed by atoms with Crippen LogP contribution in [0.5, 0.6) is 0 Å². The molecule has 104 valence electrons. The topological polar surface area (TPSA) is 60.2 Å². The molecule has 0 spiro atoms. The third-order valence-corrected chi connectivity index (χ3v) is 3.20. The number of nitrogens with two attached hydrogens (primary N) is 1. The zero-order chi connectivity index (χ0) is 13.6. The lowest BCUT2D eigenvalue weighted by Gasteiger charge is -2.29. The van der Waals surface area contributed by atoms with Gasteiger partial charge in [0.05, 0.1) is 22.9 Å². The van der Waals surface area contributed by atoms with Crippen LogP contribution in [-0.4, -0.2) is 35.8 Å². The molecule has 0 aliphatic heterocycles. The quantitative estimate of drug-likeness (QED) is 0.743. The summed E-state index contributed by atoms with van der Waals surface area (Å²) >= 11 is 1.63. The molecule has 4 nitrogen and oxygen atoms in total. The first-order chi connectivity index (χ1) is 8.38. The minimum absolute atomic E-state index is 0.0136. The van der Waals surface area contributed by atoms with Crippen molar-refractivity contribution in [2.75, 3.05) is 13.1 Å². The Balaban J connectivity index is 2.14. The van der Waals surface area contributed by atoms with Crippen LogP contribution < -0.4 is 11.1 Å². The van der Waals surface area contributed by atoms with Gasteiger partial charge in [-0.15, -0.1) is 11.3 Å². The van der Waals surface area contributed by atoms with E-state index in [1.165, 1.54) is 0 Å². The van der Waals surface area contributed by atoms with E-state index in [9.17, 15) is 0 Å². The molecule has 0 aliphatic carbocycles. The Morgan fingerprint density at radius 3 is 2.78 bits per heavy atom. The van der Waals surface area contributed by atoms with Crippen molar-refractivity contribution in [1.82, 2.24) is 10.3 Å². The third kappa shape index (κ3) is 6.44. The van der Waals surface area contributed by atoms with Gasteiger partial charge in [0.1, 0.15) is 0 Å². The van der Waals surface area contributed by atoms with Crippen LogP contribution >= 0.6 is 11.3 Å². The van der Waals surface area contributed by atoms with Crippen molar-refractivity contribution in [3.8, 4) is 0 Å². The molecule has 0 bridgehead atoms. The van der Waals surface area contributed by atoms with Gasteiger partial charge in [-0.05, 0) is 27.7 Å². The maximum Gasteiger partial charge on any atom is 0.0794 e. The van der Waals surface area contributed by atoms with E-state index in [2.05, 4.69) is 15.7 Å². The molecule has 18 heavy (non-hydrogen) atoms. The maximum atomic E-state index is 6.08. The molecule has 1 aromatic heterocycles. The fourth-order valence-corrected chi connectivity index (χ4v) is 2.25. The molecule has 0 radical (unpaired) electrons. The Hall–Kier alpha value is -0.490. The van der Waals surface area contributed by atoms with Crippen LogP contribution in [0.1, 0.15) is 33.4 Å². The summed E-state index contributed by atoms with van der Waals surface area (Å²) in [5.41, 5.74) is 8.94. The molecule has 1 heterocycles. The zero-order valence-corrected chi connectivity index (χ0v) is 12.6. The van der Waals surface area contributed by atoms with Crippen LogP contribution in [0.25, 0.3) is 0 Å². The molecule has 0 aromatic carbocycles. The monoisotopic (exact) mass is 271 g/mol. The molecule has 0 saturated carbocycles. The molecule has 5 heteroatoms. The number of rotatable bonds is 7. The van der Waals surface area contributed by atoms with Gasteiger partial charge in [-0.1, -0.05) is 0 Å². The van der Waals surface area contributed by atoms with Crippen LogP contribution in [0, 0.1) is 0 Å². The predicted octanol–water partition coefficient (Wildman–Crippen LogP) is 1.81. The van der Waals surface area contributed by atoms with Crippen molar-refractivity contribution < 1.29 is 4.74 Å². The maximum absolute atomic E-state index is 6.08. The molecule has 0 fully saturated rings. The zero-order valence-electron chi connectivity index (χ0n) is 11.8. The molecular weight excluding hydrogens is 246 g/mol. The SMILES string of the molecule is C[C@@H](OC(C)(C)C)[C@H](N)CNCCc1cscn1. The number of nitrogens with one attached hydrogen (secondary N) is 1. The number of aromatic nitrogens is 1. The van der Waals surface area contributed by atoms with Gasteiger partial charge in [-0.2, -0.15) is 0 Å². The summed E-state index contributed by atoms with van der Waals surface area (Å²) in [6.07, 6.45) is 1.00. The van der Waals surface area contributed by atoms with Gasteiger partial charge < -0.3 is 15.8 Å². The number of hydrogen-bond acceptors (Lipinski definition) is 5. The fourth-order valence-electron chi connectivity index (χ4n) is 1.66. The Morgan fingerprint density at radius 1 is 1.50 bits per heavy atom. The van der Waals surface area contributed by atoms with Crippen LogP contribution in [0.3, 0.4) is 0 Å². The summed E-state index contributed by atoms with van der Waals surface area (Å²) in [6, 6.07) is 0.0136. The molecule has 0 unspecified atom stereocenters. The van der Waals surface area contributed by atoms with Crippen molar-refractivity contribution in [3.05, 3.63) is 16.6 Å². The average Bonchev–Trinajstić information content (AvgIpc) is 2.74. The highest BCUT2D eigenvalue weighted by atomic mass is 32.1. The Morgan fingerprint density at radius 2 is 2.22 bits per heavy atom. The second kappa shape index (κ2) is 7.19. The van der Waals surface area contributed by atoms with Gasteiger partial charge in [-0.25, -0.2) is 4.98 Å². The first-order valence-corrected chi connectivity index (χ1v) is 7.34. The normalized spacial score (nSPS) is 15.6. The largest absolute Gasteiger partial charge is 0.371 e. The van der Waals surface area contributed by atoms with Gasteiger partial charge in [0, 0.05) is 30.9 Å². The van der Waals surface area contributed by atoms with E-state index in [1.807, 2.05) is 33.2 Å². The summed E-state index contributed by atoms with van der Waals surface area (Å²) in [5, 5.41) is 5.43. The van der Waals surface area contributed by atoms with E-state index in [1.54, 1.807) is 11.3 Å². The Kier molecular flexibility index (Phi) is 6.21. The standard InChI is InChI=1S/C13H25N3OS/c1-10(17-13(2,3)4)12(14)7-15-6-5-11-8-18-9-16-11/h8-10,12,15H,5-7,14H2,1-4H3/t10-,12-/m1/s1.